The number of rotatable bonds is 4. The van der Waals surface area contributed by atoms with Crippen molar-refractivity contribution in [2.24, 2.45) is 0 Å². The number of cyclic esters (lactones) is 1. The molecule has 5 nitrogen and oxygen atoms in total. The second-order valence-corrected chi connectivity index (χ2v) is 4.08. The molecule has 2 atom stereocenters. The number of carbonyl (C=O) groups excluding carboxylic acids is 1. The van der Waals surface area contributed by atoms with Gasteiger partial charge in [0.15, 0.2) is 6.10 Å². The summed E-state index contributed by atoms with van der Waals surface area (Å²) in [5, 5.41) is 12.0. The molecule has 0 bridgehead atoms. The molecule has 1 saturated heterocycles. The Kier molecular flexibility index (Phi) is 3.66. The van der Waals surface area contributed by atoms with Crippen LogP contribution in [-0.4, -0.2) is 30.5 Å². The highest BCUT2D eigenvalue weighted by Crippen LogP contribution is 2.26. The number of aliphatic hydroxyl groups is 1. The molecule has 2 N–H and O–H groups in total. The average Bonchev–Trinajstić information content (AvgIpc) is 2.73. The fraction of sp³-hybridized carbons (Fsp3) is 0.417. The van der Waals surface area contributed by atoms with Crippen LogP contribution >= 0.6 is 0 Å². The Morgan fingerprint density at radius 3 is 3.06 bits per heavy atom. The molecule has 0 saturated carbocycles. The van der Waals surface area contributed by atoms with E-state index in [9.17, 15) is 14.3 Å². The van der Waals surface area contributed by atoms with E-state index in [1.807, 2.05) is 0 Å². The van der Waals surface area contributed by atoms with Crippen molar-refractivity contribution in [2.45, 2.75) is 19.1 Å². The number of amides is 1. The van der Waals surface area contributed by atoms with Crippen LogP contribution in [0.1, 0.15) is 18.6 Å². The van der Waals surface area contributed by atoms with Crippen molar-refractivity contribution in [2.75, 3.05) is 13.2 Å². The third-order valence-electron chi connectivity index (χ3n) is 2.59. The van der Waals surface area contributed by atoms with Gasteiger partial charge in [-0.3, -0.25) is 0 Å². The zero-order valence-corrected chi connectivity index (χ0v) is 9.85. The molecule has 1 aromatic carbocycles. The first-order valence-electron chi connectivity index (χ1n) is 5.61. The van der Waals surface area contributed by atoms with E-state index in [1.54, 1.807) is 0 Å². The summed E-state index contributed by atoms with van der Waals surface area (Å²) in [6, 6.07) is 3.92. The van der Waals surface area contributed by atoms with Gasteiger partial charge in [-0.2, -0.15) is 0 Å². The van der Waals surface area contributed by atoms with Crippen molar-refractivity contribution >= 4 is 6.09 Å². The van der Waals surface area contributed by atoms with Crippen molar-refractivity contribution in [3.8, 4) is 5.75 Å². The Labute approximate surface area is 104 Å². The molecule has 1 aliphatic heterocycles. The van der Waals surface area contributed by atoms with Gasteiger partial charge in [0.25, 0.3) is 0 Å². The number of hydrogen-bond donors (Lipinski definition) is 2. The number of carbonyl (C=O) groups is 1. The van der Waals surface area contributed by atoms with E-state index in [1.165, 1.54) is 25.1 Å². The number of ether oxygens (including phenoxy) is 2. The van der Waals surface area contributed by atoms with Crippen molar-refractivity contribution in [3.63, 3.8) is 0 Å². The van der Waals surface area contributed by atoms with E-state index in [0.717, 1.165) is 0 Å². The number of hydrogen-bond acceptors (Lipinski definition) is 4. The van der Waals surface area contributed by atoms with Crippen LogP contribution < -0.4 is 10.1 Å². The van der Waals surface area contributed by atoms with E-state index >= 15 is 0 Å². The molecule has 1 amide bonds. The summed E-state index contributed by atoms with van der Waals surface area (Å²) in [5.41, 5.74) is 0.368. The number of alkyl carbamates (subject to hydrolysis) is 1. The van der Waals surface area contributed by atoms with Gasteiger partial charge < -0.3 is 19.9 Å². The molecule has 6 heteroatoms. The smallest absolute Gasteiger partial charge is 0.407 e. The first-order valence-corrected chi connectivity index (χ1v) is 5.61. The topological polar surface area (TPSA) is 67.8 Å². The summed E-state index contributed by atoms with van der Waals surface area (Å²) in [6.45, 7) is 2.06. The highest BCUT2D eigenvalue weighted by molar-refractivity contribution is 5.69. The third-order valence-corrected chi connectivity index (χ3v) is 2.59. The standard InChI is InChI=1S/C12H14FNO4/c1-7(15)10-4-8(13)2-3-11(10)17-6-9-5-14-12(16)18-9/h2-4,7,9,15H,5-6H2,1H3,(H,14,16)/t7-,9?/m1/s1. The summed E-state index contributed by atoms with van der Waals surface area (Å²) in [5.74, 6) is -0.0541. The van der Waals surface area contributed by atoms with Gasteiger partial charge in [-0.15, -0.1) is 0 Å². The third kappa shape index (κ3) is 2.89. The minimum absolute atomic E-state index is 0.157. The first-order chi connectivity index (χ1) is 8.56. The quantitative estimate of drug-likeness (QED) is 0.852. The molecule has 0 spiro atoms. The van der Waals surface area contributed by atoms with Crippen LogP contribution in [0.3, 0.4) is 0 Å². The number of nitrogens with one attached hydrogen (secondary N) is 1. The Bertz CT molecular complexity index is 450. The lowest BCUT2D eigenvalue weighted by Crippen LogP contribution is -2.22. The van der Waals surface area contributed by atoms with E-state index in [2.05, 4.69) is 5.32 Å². The minimum Gasteiger partial charge on any atom is -0.489 e. The Morgan fingerprint density at radius 1 is 1.67 bits per heavy atom. The number of benzene rings is 1. The molecule has 0 aliphatic carbocycles. The Hall–Kier alpha value is -1.82. The molecule has 0 aromatic heterocycles. The molecule has 0 radical (unpaired) electrons. The van der Waals surface area contributed by atoms with E-state index < -0.39 is 18.0 Å². The van der Waals surface area contributed by atoms with Crippen LogP contribution in [0.4, 0.5) is 9.18 Å². The largest absolute Gasteiger partial charge is 0.489 e. The zero-order chi connectivity index (χ0) is 13.1. The summed E-state index contributed by atoms with van der Waals surface area (Å²) in [6.07, 6.45) is -1.68. The van der Waals surface area contributed by atoms with E-state index in [-0.39, 0.29) is 12.7 Å². The zero-order valence-electron chi connectivity index (χ0n) is 9.85. The predicted octanol–water partition coefficient (Wildman–Crippen LogP) is 1.37. The first kappa shape index (κ1) is 12.6. The van der Waals surface area contributed by atoms with Crippen LogP contribution in [0, 0.1) is 5.82 Å². The highest BCUT2D eigenvalue weighted by atomic mass is 19.1. The lowest BCUT2D eigenvalue weighted by atomic mass is 10.1. The van der Waals surface area contributed by atoms with E-state index in [0.29, 0.717) is 17.9 Å². The normalized spacial score (nSPS) is 20.2. The van der Waals surface area contributed by atoms with Crippen molar-refractivity contribution in [1.82, 2.24) is 5.32 Å². The predicted molar refractivity (Wildman–Crippen MR) is 60.8 cm³/mol. The second kappa shape index (κ2) is 5.22. The van der Waals surface area contributed by atoms with Gasteiger partial charge in [-0.25, -0.2) is 9.18 Å². The molecular weight excluding hydrogens is 241 g/mol. The molecule has 18 heavy (non-hydrogen) atoms. The second-order valence-electron chi connectivity index (χ2n) is 4.08. The van der Waals surface area contributed by atoms with Gasteiger partial charge in [0.2, 0.25) is 0 Å². The van der Waals surface area contributed by atoms with Crippen molar-refractivity contribution < 1.29 is 23.8 Å². The molecule has 1 fully saturated rings. The Balaban J connectivity index is 2.02. The SMILES string of the molecule is C[C@@H](O)c1cc(F)ccc1OCC1CNC(=O)O1. The molecule has 2 rings (SSSR count). The summed E-state index contributed by atoms with van der Waals surface area (Å²) in [7, 11) is 0. The van der Waals surface area contributed by atoms with Crippen LogP contribution in [-0.2, 0) is 4.74 Å². The van der Waals surface area contributed by atoms with Crippen molar-refractivity contribution in [3.05, 3.63) is 29.6 Å². The average molecular weight is 255 g/mol. The van der Waals surface area contributed by atoms with Crippen LogP contribution in [0.2, 0.25) is 0 Å². The maximum Gasteiger partial charge on any atom is 0.407 e. The molecule has 1 aromatic rings. The van der Waals surface area contributed by atoms with Crippen molar-refractivity contribution in [1.29, 1.82) is 0 Å². The molecule has 1 unspecified atom stereocenters. The lowest BCUT2D eigenvalue weighted by Gasteiger charge is -2.15. The van der Waals surface area contributed by atoms with E-state index in [4.69, 9.17) is 9.47 Å². The maximum atomic E-state index is 13.1. The molecule has 98 valence electrons. The summed E-state index contributed by atoms with van der Waals surface area (Å²) < 4.78 is 23.4. The van der Waals surface area contributed by atoms with Gasteiger partial charge in [0.1, 0.15) is 18.2 Å². The number of halogens is 1. The fourth-order valence-corrected chi connectivity index (χ4v) is 1.68. The van der Waals surface area contributed by atoms with Gasteiger partial charge >= 0.3 is 6.09 Å². The number of aliphatic hydroxyl groups excluding tert-OH is 1. The van der Waals surface area contributed by atoms with Gasteiger partial charge in [0, 0.05) is 5.56 Å². The molecule has 1 heterocycles. The van der Waals surface area contributed by atoms with Crippen LogP contribution in [0.15, 0.2) is 18.2 Å². The van der Waals surface area contributed by atoms with Gasteiger partial charge in [-0.1, -0.05) is 0 Å². The Morgan fingerprint density at radius 2 is 2.44 bits per heavy atom. The fourth-order valence-electron chi connectivity index (χ4n) is 1.68. The maximum absolute atomic E-state index is 13.1. The van der Waals surface area contributed by atoms with Crippen LogP contribution in [0.25, 0.3) is 0 Å². The lowest BCUT2D eigenvalue weighted by molar-refractivity contribution is 0.102. The molecule has 1 aliphatic rings. The summed E-state index contributed by atoms with van der Waals surface area (Å²) in [4.78, 5) is 10.8. The molecular formula is C12H14FNO4. The summed E-state index contributed by atoms with van der Waals surface area (Å²) >= 11 is 0. The highest BCUT2D eigenvalue weighted by Gasteiger charge is 2.23. The monoisotopic (exact) mass is 255 g/mol. The van der Waals surface area contributed by atoms with Gasteiger partial charge in [0.05, 0.1) is 12.6 Å². The van der Waals surface area contributed by atoms with Crippen LogP contribution in [0.5, 0.6) is 5.75 Å². The van der Waals surface area contributed by atoms with Gasteiger partial charge in [-0.05, 0) is 25.1 Å². The minimum atomic E-state index is -0.833.